The van der Waals surface area contributed by atoms with Gasteiger partial charge in [-0.1, -0.05) is 160 Å². The summed E-state index contributed by atoms with van der Waals surface area (Å²) in [5, 5.41) is 7.32. The molecule has 8 aromatic rings. The Kier molecular flexibility index (Phi) is 6.69. The Hall–Kier alpha value is -5.67. The third-order valence-electron chi connectivity index (χ3n) is 8.90. The van der Waals surface area contributed by atoms with Crippen LogP contribution in [0.1, 0.15) is 26.3 Å². The molecule has 0 saturated carbocycles. The maximum absolute atomic E-state index is 5.05. The van der Waals surface area contributed by atoms with Gasteiger partial charge in [-0.05, 0) is 60.5 Å². The molecule has 0 atom stereocenters. The van der Waals surface area contributed by atoms with E-state index in [1.807, 2.05) is 30.3 Å². The van der Waals surface area contributed by atoms with Crippen LogP contribution in [0.25, 0.3) is 77.6 Å². The van der Waals surface area contributed by atoms with Gasteiger partial charge in [0.05, 0.1) is 0 Å². The Bertz CT molecular complexity index is 2370. The van der Waals surface area contributed by atoms with Crippen molar-refractivity contribution in [3.63, 3.8) is 0 Å². The molecule has 0 amide bonds. The number of hydrogen-bond acceptors (Lipinski definition) is 3. The fraction of sp³-hybridized carbons (Fsp3) is 0.0930. The zero-order valence-electron chi connectivity index (χ0n) is 26.2. The highest BCUT2D eigenvalue weighted by Gasteiger charge is 2.17. The van der Waals surface area contributed by atoms with Crippen LogP contribution >= 0.6 is 0 Å². The van der Waals surface area contributed by atoms with Gasteiger partial charge < -0.3 is 0 Å². The molecule has 0 N–H and O–H groups in total. The van der Waals surface area contributed by atoms with E-state index in [2.05, 4.69) is 136 Å². The van der Waals surface area contributed by atoms with Gasteiger partial charge >= 0.3 is 0 Å². The van der Waals surface area contributed by atoms with Crippen molar-refractivity contribution in [3.8, 4) is 45.3 Å². The molecular weight excluding hydrogens is 558 g/mol. The van der Waals surface area contributed by atoms with Crippen LogP contribution in [0.5, 0.6) is 0 Å². The van der Waals surface area contributed by atoms with Crippen LogP contribution in [0, 0.1) is 0 Å². The van der Waals surface area contributed by atoms with Crippen LogP contribution in [0.15, 0.2) is 146 Å². The summed E-state index contributed by atoms with van der Waals surface area (Å²) in [6, 6.07) is 51.5. The molecule has 7 aromatic carbocycles. The van der Waals surface area contributed by atoms with Crippen molar-refractivity contribution in [2.75, 3.05) is 0 Å². The van der Waals surface area contributed by atoms with E-state index in [1.54, 1.807) is 0 Å². The van der Waals surface area contributed by atoms with Gasteiger partial charge in [-0.3, -0.25) is 0 Å². The Balaban J connectivity index is 1.30. The molecule has 0 aliphatic heterocycles. The molecule has 8 rings (SSSR count). The van der Waals surface area contributed by atoms with Crippen molar-refractivity contribution in [3.05, 3.63) is 151 Å². The molecule has 220 valence electrons. The third-order valence-corrected chi connectivity index (χ3v) is 8.90. The molecule has 3 heteroatoms. The van der Waals surface area contributed by atoms with Gasteiger partial charge in [-0.2, -0.15) is 0 Å². The minimum atomic E-state index is 0.0697. The molecule has 0 spiro atoms. The lowest BCUT2D eigenvalue weighted by atomic mass is 9.87. The highest BCUT2D eigenvalue weighted by Crippen LogP contribution is 2.37. The zero-order chi connectivity index (χ0) is 31.3. The summed E-state index contributed by atoms with van der Waals surface area (Å²) >= 11 is 0. The largest absolute Gasteiger partial charge is 0.208 e. The second-order valence-electron chi connectivity index (χ2n) is 12.9. The van der Waals surface area contributed by atoms with Crippen LogP contribution in [-0.4, -0.2) is 15.0 Å². The molecule has 0 aliphatic rings. The van der Waals surface area contributed by atoms with Crippen molar-refractivity contribution in [1.82, 2.24) is 15.0 Å². The Morgan fingerprint density at radius 3 is 1.54 bits per heavy atom. The lowest BCUT2D eigenvalue weighted by Gasteiger charge is -2.19. The third kappa shape index (κ3) is 5.00. The Labute approximate surface area is 269 Å². The smallest absolute Gasteiger partial charge is 0.164 e. The molecule has 3 nitrogen and oxygen atoms in total. The van der Waals surface area contributed by atoms with Gasteiger partial charge in [-0.15, -0.1) is 0 Å². The number of nitrogens with zero attached hydrogens (tertiary/aromatic N) is 3. The van der Waals surface area contributed by atoms with Gasteiger partial charge in [-0.25, -0.2) is 15.0 Å². The fourth-order valence-electron chi connectivity index (χ4n) is 6.38. The van der Waals surface area contributed by atoms with E-state index in [1.165, 1.54) is 49.0 Å². The van der Waals surface area contributed by atoms with Gasteiger partial charge in [0.15, 0.2) is 17.5 Å². The number of hydrogen-bond donors (Lipinski definition) is 0. The molecular formula is C43H33N3. The van der Waals surface area contributed by atoms with Crippen molar-refractivity contribution in [2.45, 2.75) is 26.2 Å². The monoisotopic (exact) mass is 591 g/mol. The first-order valence-corrected chi connectivity index (χ1v) is 15.8. The predicted octanol–water partition coefficient (Wildman–Crippen LogP) is 11.3. The first kappa shape index (κ1) is 27.8. The molecule has 0 bridgehead atoms. The van der Waals surface area contributed by atoms with Crippen LogP contribution < -0.4 is 0 Å². The second kappa shape index (κ2) is 11.0. The molecule has 46 heavy (non-hydrogen) atoms. The summed E-state index contributed by atoms with van der Waals surface area (Å²) in [6.45, 7) is 6.68. The maximum atomic E-state index is 5.05. The average molecular weight is 592 g/mol. The molecule has 0 aliphatic carbocycles. The summed E-state index contributed by atoms with van der Waals surface area (Å²) in [7, 11) is 0. The first-order valence-electron chi connectivity index (χ1n) is 15.8. The SMILES string of the molecule is CC(C)(C)c1ccc(-c2nc(-c3ccccc3)nc(-c3ccc4ccc5c6cccc(-c7ccccc7)c6ccc5c4c3)n2)cc1. The number of aromatic nitrogens is 3. The minimum Gasteiger partial charge on any atom is -0.208 e. The predicted molar refractivity (Wildman–Crippen MR) is 193 cm³/mol. The summed E-state index contributed by atoms with van der Waals surface area (Å²) in [5.41, 5.74) is 6.72. The van der Waals surface area contributed by atoms with Gasteiger partial charge in [0.25, 0.3) is 0 Å². The summed E-state index contributed by atoms with van der Waals surface area (Å²) in [5.74, 6) is 1.99. The van der Waals surface area contributed by atoms with E-state index >= 15 is 0 Å². The number of benzene rings is 7. The molecule has 0 unspecified atom stereocenters. The summed E-state index contributed by atoms with van der Waals surface area (Å²) in [4.78, 5) is 15.0. The zero-order valence-corrected chi connectivity index (χ0v) is 26.2. The van der Waals surface area contributed by atoms with Crippen LogP contribution in [-0.2, 0) is 5.41 Å². The highest BCUT2D eigenvalue weighted by atomic mass is 15.0. The van der Waals surface area contributed by atoms with Crippen molar-refractivity contribution >= 4 is 32.3 Å². The lowest BCUT2D eigenvalue weighted by Crippen LogP contribution is -2.10. The molecule has 0 radical (unpaired) electrons. The van der Waals surface area contributed by atoms with Gasteiger partial charge in [0, 0.05) is 16.7 Å². The van der Waals surface area contributed by atoms with E-state index in [9.17, 15) is 0 Å². The summed E-state index contributed by atoms with van der Waals surface area (Å²) in [6.07, 6.45) is 0. The first-order chi connectivity index (χ1) is 22.4. The molecule has 0 saturated heterocycles. The lowest BCUT2D eigenvalue weighted by molar-refractivity contribution is 0.590. The minimum absolute atomic E-state index is 0.0697. The van der Waals surface area contributed by atoms with Crippen LogP contribution in [0.3, 0.4) is 0 Å². The number of rotatable bonds is 4. The molecule has 1 aromatic heterocycles. The Morgan fingerprint density at radius 2 is 0.870 bits per heavy atom. The molecule has 0 fully saturated rings. The van der Waals surface area contributed by atoms with E-state index in [-0.39, 0.29) is 5.41 Å². The van der Waals surface area contributed by atoms with Crippen molar-refractivity contribution < 1.29 is 0 Å². The van der Waals surface area contributed by atoms with Crippen LogP contribution in [0.2, 0.25) is 0 Å². The maximum Gasteiger partial charge on any atom is 0.164 e. The van der Waals surface area contributed by atoms with E-state index in [4.69, 9.17) is 15.0 Å². The second-order valence-corrected chi connectivity index (χ2v) is 12.9. The van der Waals surface area contributed by atoms with Crippen molar-refractivity contribution in [2.24, 2.45) is 0 Å². The fourth-order valence-corrected chi connectivity index (χ4v) is 6.38. The number of fused-ring (bicyclic) bond motifs is 5. The Morgan fingerprint density at radius 1 is 0.370 bits per heavy atom. The van der Waals surface area contributed by atoms with Crippen LogP contribution in [0.4, 0.5) is 0 Å². The van der Waals surface area contributed by atoms with Gasteiger partial charge in [0.1, 0.15) is 0 Å². The average Bonchev–Trinajstić information content (AvgIpc) is 3.11. The van der Waals surface area contributed by atoms with E-state index in [0.29, 0.717) is 17.5 Å². The van der Waals surface area contributed by atoms with Gasteiger partial charge in [0.2, 0.25) is 0 Å². The topological polar surface area (TPSA) is 38.7 Å². The normalized spacial score (nSPS) is 11.8. The standard InChI is InChI=1S/C43H33N3/c1-43(2,3)33-22-19-31(20-23-33)41-44-40(30-13-8-5-9-14-30)45-42(46-41)32-18-17-29-21-24-37-35-16-10-15-34(28-11-6-4-7-12-28)36(35)25-26-38(37)39(29)27-32/h4-27H,1-3H3. The quantitative estimate of drug-likeness (QED) is 0.191. The van der Waals surface area contributed by atoms with E-state index < -0.39 is 0 Å². The van der Waals surface area contributed by atoms with Crippen molar-refractivity contribution in [1.29, 1.82) is 0 Å². The highest BCUT2D eigenvalue weighted by molar-refractivity contribution is 6.19. The summed E-state index contributed by atoms with van der Waals surface area (Å²) < 4.78 is 0. The molecule has 1 heterocycles. The van der Waals surface area contributed by atoms with E-state index in [0.717, 1.165) is 16.7 Å².